The Hall–Kier alpha value is -3.21. The van der Waals surface area contributed by atoms with Crippen molar-refractivity contribution in [2.75, 3.05) is 13.2 Å². The summed E-state index contributed by atoms with van der Waals surface area (Å²) >= 11 is 0. The maximum atomic E-state index is 13.8. The molecular weight excluding hydrogens is 474 g/mol. The number of hydrogen-bond acceptors (Lipinski definition) is 4. The van der Waals surface area contributed by atoms with E-state index in [1.807, 2.05) is 53.1 Å². The minimum absolute atomic E-state index is 0.156. The van der Waals surface area contributed by atoms with Gasteiger partial charge in [-0.3, -0.25) is 4.79 Å². The van der Waals surface area contributed by atoms with E-state index in [0.717, 1.165) is 54.3 Å². The van der Waals surface area contributed by atoms with Crippen LogP contribution >= 0.6 is 0 Å². The van der Waals surface area contributed by atoms with Gasteiger partial charge >= 0.3 is 0 Å². The van der Waals surface area contributed by atoms with Crippen molar-refractivity contribution in [1.82, 2.24) is 4.57 Å². The van der Waals surface area contributed by atoms with Gasteiger partial charge < -0.3 is 18.8 Å². The molecule has 206 valence electrons. The third-order valence-corrected chi connectivity index (χ3v) is 6.72. The number of unbranched alkanes of at least 4 members (excludes halogenated alkanes) is 8. The summed E-state index contributed by atoms with van der Waals surface area (Å²) in [6.07, 6.45) is 13.0. The van der Waals surface area contributed by atoms with Crippen molar-refractivity contribution in [1.29, 1.82) is 0 Å². The molecule has 0 aliphatic carbocycles. The Balaban J connectivity index is 1.95. The second kappa shape index (κ2) is 16.6. The molecule has 0 saturated carbocycles. The number of hydrogen-bond donors (Lipinski definition) is 0. The Morgan fingerprint density at radius 2 is 1.50 bits per heavy atom. The molecule has 0 fully saturated rings. The highest BCUT2D eigenvalue weighted by atomic mass is 16.5. The van der Waals surface area contributed by atoms with Crippen LogP contribution < -0.4 is 19.8 Å². The molecule has 0 spiro atoms. The van der Waals surface area contributed by atoms with Crippen LogP contribution in [0.15, 0.2) is 66.0 Å². The molecule has 5 nitrogen and oxygen atoms in total. The molecule has 0 bridgehead atoms. The van der Waals surface area contributed by atoms with Crippen molar-refractivity contribution < 1.29 is 14.2 Å². The van der Waals surface area contributed by atoms with Crippen molar-refractivity contribution in [3.05, 3.63) is 77.1 Å². The van der Waals surface area contributed by atoms with Gasteiger partial charge in [-0.15, -0.1) is 0 Å². The van der Waals surface area contributed by atoms with Crippen LogP contribution in [0.25, 0.3) is 10.9 Å². The minimum Gasteiger partial charge on any atom is -0.489 e. The molecule has 5 heteroatoms. The number of fused-ring (bicyclic) bond motifs is 1. The van der Waals surface area contributed by atoms with E-state index < -0.39 is 0 Å². The van der Waals surface area contributed by atoms with Gasteiger partial charge in [-0.25, -0.2) is 0 Å². The molecule has 0 atom stereocenters. The Labute approximate surface area is 228 Å². The highest BCUT2D eigenvalue weighted by Gasteiger charge is 2.20. The average molecular weight is 520 g/mol. The minimum atomic E-state index is -0.156. The van der Waals surface area contributed by atoms with Gasteiger partial charge in [0.2, 0.25) is 5.75 Å². The van der Waals surface area contributed by atoms with Gasteiger partial charge in [0.05, 0.1) is 12.1 Å². The van der Waals surface area contributed by atoms with Crippen LogP contribution in [-0.2, 0) is 13.2 Å². The summed E-state index contributed by atoms with van der Waals surface area (Å²) in [4.78, 5) is 13.8. The maximum absolute atomic E-state index is 13.8. The molecular formula is C33H45NO4. The zero-order valence-electron chi connectivity index (χ0n) is 23.4. The summed E-state index contributed by atoms with van der Waals surface area (Å²) in [5, 5.41) is 0.872. The van der Waals surface area contributed by atoms with Gasteiger partial charge in [0, 0.05) is 18.0 Å². The van der Waals surface area contributed by atoms with Gasteiger partial charge in [0.25, 0.3) is 5.56 Å². The summed E-state index contributed by atoms with van der Waals surface area (Å²) in [6.45, 7) is 10.1. The Morgan fingerprint density at radius 3 is 2.24 bits per heavy atom. The average Bonchev–Trinajstić information content (AvgIpc) is 2.94. The van der Waals surface area contributed by atoms with E-state index in [1.165, 1.54) is 32.1 Å². The van der Waals surface area contributed by atoms with E-state index in [4.69, 9.17) is 14.2 Å². The van der Waals surface area contributed by atoms with E-state index >= 15 is 0 Å². The number of rotatable bonds is 19. The number of nitrogens with zero attached hydrogens (tertiary/aromatic N) is 1. The Morgan fingerprint density at radius 1 is 0.789 bits per heavy atom. The van der Waals surface area contributed by atoms with Crippen molar-refractivity contribution in [2.24, 2.45) is 0 Å². The molecule has 0 aliphatic heterocycles. The van der Waals surface area contributed by atoms with E-state index in [9.17, 15) is 4.79 Å². The van der Waals surface area contributed by atoms with Gasteiger partial charge in [0.1, 0.15) is 19.0 Å². The maximum Gasteiger partial charge on any atom is 0.297 e. The van der Waals surface area contributed by atoms with E-state index in [1.54, 1.807) is 6.08 Å². The van der Waals surface area contributed by atoms with Gasteiger partial charge in [-0.05, 0) is 30.5 Å². The first-order chi connectivity index (χ1) is 18.7. The molecule has 3 aromatic rings. The molecule has 0 N–H and O–H groups in total. The second-order valence-corrected chi connectivity index (χ2v) is 9.84. The summed E-state index contributed by atoms with van der Waals surface area (Å²) in [5.41, 5.74) is 1.77. The van der Waals surface area contributed by atoms with E-state index in [0.29, 0.717) is 25.5 Å². The van der Waals surface area contributed by atoms with Crippen molar-refractivity contribution in [3.8, 4) is 17.2 Å². The largest absolute Gasteiger partial charge is 0.489 e. The first kappa shape index (κ1) is 29.3. The van der Waals surface area contributed by atoms with Gasteiger partial charge in [-0.1, -0.05) is 108 Å². The standard InChI is InChI=1S/C33H45NO4/c1-4-7-9-11-12-16-22-34-30-25-28(38-26-27-18-14-13-15-19-27)20-21-29(30)31(37-24-17-10-8-5-2)32(33(34)35)36-23-6-3/h6,13-15,18-21,25H,3-5,7-12,16-17,22-24,26H2,1-2H3. The second-order valence-electron chi connectivity index (χ2n) is 9.84. The zero-order valence-corrected chi connectivity index (χ0v) is 23.4. The quantitative estimate of drug-likeness (QED) is 0.118. The zero-order chi connectivity index (χ0) is 27.0. The summed E-state index contributed by atoms with van der Waals surface area (Å²) in [6, 6.07) is 16.0. The topological polar surface area (TPSA) is 49.7 Å². The van der Waals surface area contributed by atoms with Gasteiger partial charge in [-0.2, -0.15) is 0 Å². The first-order valence-electron chi connectivity index (χ1n) is 14.4. The normalized spacial score (nSPS) is 11.0. The monoisotopic (exact) mass is 519 g/mol. The predicted molar refractivity (Wildman–Crippen MR) is 158 cm³/mol. The summed E-state index contributed by atoms with van der Waals surface area (Å²) in [7, 11) is 0. The third-order valence-electron chi connectivity index (χ3n) is 6.72. The van der Waals surface area contributed by atoms with E-state index in [2.05, 4.69) is 20.4 Å². The lowest BCUT2D eigenvalue weighted by Crippen LogP contribution is -2.24. The fraction of sp³-hybridized carbons (Fsp3) is 0.485. The predicted octanol–water partition coefficient (Wildman–Crippen LogP) is 8.46. The molecule has 2 aromatic carbocycles. The smallest absolute Gasteiger partial charge is 0.297 e. The lowest BCUT2D eigenvalue weighted by atomic mass is 10.1. The lowest BCUT2D eigenvalue weighted by Gasteiger charge is -2.19. The van der Waals surface area contributed by atoms with Crippen molar-refractivity contribution in [2.45, 2.75) is 91.2 Å². The SMILES string of the molecule is C=CCOc1c(OCCCCCC)c2ccc(OCc3ccccc3)cc2n(CCCCCCCC)c1=O. The summed E-state index contributed by atoms with van der Waals surface area (Å²) in [5.74, 6) is 1.53. The van der Waals surface area contributed by atoms with Gasteiger partial charge in [0.15, 0.2) is 5.75 Å². The molecule has 3 rings (SSSR count). The molecule has 0 saturated heterocycles. The van der Waals surface area contributed by atoms with Crippen LogP contribution in [0.4, 0.5) is 0 Å². The number of aryl methyl sites for hydroxylation is 1. The first-order valence-corrected chi connectivity index (χ1v) is 14.4. The van der Waals surface area contributed by atoms with Crippen LogP contribution in [0.5, 0.6) is 17.2 Å². The van der Waals surface area contributed by atoms with Crippen LogP contribution in [0.1, 0.15) is 83.6 Å². The third kappa shape index (κ3) is 8.68. The number of benzene rings is 2. The van der Waals surface area contributed by atoms with Crippen LogP contribution in [-0.4, -0.2) is 17.8 Å². The Bertz CT molecular complexity index is 1170. The molecule has 0 radical (unpaired) electrons. The highest BCUT2D eigenvalue weighted by molar-refractivity contribution is 5.89. The van der Waals surface area contributed by atoms with Crippen molar-refractivity contribution in [3.63, 3.8) is 0 Å². The number of ether oxygens (including phenoxy) is 3. The molecule has 1 heterocycles. The summed E-state index contributed by atoms with van der Waals surface area (Å²) < 4.78 is 20.2. The Kier molecular flexibility index (Phi) is 12.8. The van der Waals surface area contributed by atoms with E-state index in [-0.39, 0.29) is 17.9 Å². The molecule has 38 heavy (non-hydrogen) atoms. The lowest BCUT2D eigenvalue weighted by molar-refractivity contribution is 0.275. The highest BCUT2D eigenvalue weighted by Crippen LogP contribution is 2.35. The van der Waals surface area contributed by atoms with Crippen LogP contribution in [0, 0.1) is 0 Å². The molecule has 0 amide bonds. The fourth-order valence-electron chi connectivity index (χ4n) is 4.60. The molecule has 1 aromatic heterocycles. The number of aromatic nitrogens is 1. The fourth-order valence-corrected chi connectivity index (χ4v) is 4.60. The van der Waals surface area contributed by atoms with Crippen molar-refractivity contribution >= 4 is 10.9 Å². The van der Waals surface area contributed by atoms with Crippen LogP contribution in [0.3, 0.4) is 0 Å². The van der Waals surface area contributed by atoms with Crippen LogP contribution in [0.2, 0.25) is 0 Å². The molecule has 0 aliphatic rings. The number of pyridine rings is 1. The molecule has 0 unspecified atom stereocenters.